The molecule has 3 aromatic rings. The van der Waals surface area contributed by atoms with Crippen LogP contribution in [0.2, 0.25) is 0 Å². The number of nitrogen functional groups attached to an aromatic ring is 1. The summed E-state index contributed by atoms with van der Waals surface area (Å²) >= 11 is 0. The molecule has 0 saturated heterocycles. The molecule has 4 N–H and O–H groups in total. The molecule has 12 heteroatoms. The van der Waals surface area contributed by atoms with Crippen LogP contribution in [0, 0.1) is 11.7 Å². The number of nitrogens with one attached hydrogen (secondary N) is 2. The van der Waals surface area contributed by atoms with Gasteiger partial charge in [-0.2, -0.15) is 0 Å². The second-order valence-corrected chi connectivity index (χ2v) is 8.80. The van der Waals surface area contributed by atoms with Crippen molar-refractivity contribution < 1.29 is 13.9 Å². The first-order valence-electron chi connectivity index (χ1n) is 11.7. The maximum Gasteiger partial charge on any atom is 0.332 e. The van der Waals surface area contributed by atoms with Crippen molar-refractivity contribution in [3.63, 3.8) is 0 Å². The topological polar surface area (TPSA) is 138 Å². The summed E-state index contributed by atoms with van der Waals surface area (Å²) in [5, 5.41) is 9.88. The number of nitrogens with zero attached hydrogens (tertiary/aromatic N) is 4. The monoisotopic (exact) mass is 501 g/mol. The average Bonchev–Trinajstić information content (AvgIpc) is 3.19. The second kappa shape index (κ2) is 11.6. The summed E-state index contributed by atoms with van der Waals surface area (Å²) in [6.07, 6.45) is 0.622. The van der Waals surface area contributed by atoms with Gasteiger partial charge in [-0.15, -0.1) is 5.10 Å². The SMILES string of the molecule is CCCn1c(=O)c(NCc2cc(OCC(=O)Nc3ccc(F)cc3)nn2C)c(N)n(CC(C)C)c1=O. The molecule has 0 aliphatic carbocycles. The Balaban J connectivity index is 1.71. The molecule has 11 nitrogen and oxygen atoms in total. The van der Waals surface area contributed by atoms with Gasteiger partial charge in [0.1, 0.15) is 17.3 Å². The maximum absolute atomic E-state index is 13.0. The van der Waals surface area contributed by atoms with E-state index in [1.165, 1.54) is 33.4 Å². The fourth-order valence-electron chi connectivity index (χ4n) is 3.61. The summed E-state index contributed by atoms with van der Waals surface area (Å²) in [6.45, 7) is 6.37. The smallest absolute Gasteiger partial charge is 0.332 e. The van der Waals surface area contributed by atoms with Gasteiger partial charge in [0, 0.05) is 31.9 Å². The molecular weight excluding hydrogens is 469 g/mol. The lowest BCUT2D eigenvalue weighted by molar-refractivity contribution is -0.118. The zero-order chi connectivity index (χ0) is 26.4. The van der Waals surface area contributed by atoms with E-state index < -0.39 is 23.0 Å². The number of anilines is 3. The molecule has 0 bridgehead atoms. The first-order chi connectivity index (χ1) is 17.1. The first-order valence-corrected chi connectivity index (χ1v) is 11.7. The van der Waals surface area contributed by atoms with Crippen LogP contribution in [0.15, 0.2) is 39.9 Å². The highest BCUT2D eigenvalue weighted by molar-refractivity contribution is 5.91. The third kappa shape index (κ3) is 6.32. The number of benzene rings is 1. The number of amides is 1. The fourth-order valence-corrected chi connectivity index (χ4v) is 3.61. The number of aryl methyl sites for hydroxylation is 1. The number of hydrogen-bond donors (Lipinski definition) is 3. The van der Waals surface area contributed by atoms with Crippen molar-refractivity contribution in [2.75, 3.05) is 23.0 Å². The number of nitrogens with two attached hydrogens (primary N) is 1. The van der Waals surface area contributed by atoms with Crippen LogP contribution in [0.5, 0.6) is 5.88 Å². The van der Waals surface area contributed by atoms with E-state index in [4.69, 9.17) is 10.5 Å². The highest BCUT2D eigenvalue weighted by atomic mass is 19.1. The zero-order valence-electron chi connectivity index (χ0n) is 20.9. The van der Waals surface area contributed by atoms with Crippen LogP contribution in [0.4, 0.5) is 21.6 Å². The van der Waals surface area contributed by atoms with E-state index in [0.29, 0.717) is 24.3 Å². The average molecular weight is 502 g/mol. The number of halogens is 1. The van der Waals surface area contributed by atoms with E-state index in [2.05, 4.69) is 15.7 Å². The highest BCUT2D eigenvalue weighted by Gasteiger charge is 2.18. The molecule has 0 saturated carbocycles. The summed E-state index contributed by atoms with van der Waals surface area (Å²) in [7, 11) is 1.70. The number of ether oxygens (including phenoxy) is 1. The van der Waals surface area contributed by atoms with Gasteiger partial charge in [-0.1, -0.05) is 20.8 Å². The lowest BCUT2D eigenvalue weighted by Crippen LogP contribution is -2.43. The first kappa shape index (κ1) is 26.5. The Morgan fingerprint density at radius 2 is 1.89 bits per heavy atom. The molecular formula is C24H32FN7O4. The molecule has 0 atom stereocenters. The quantitative estimate of drug-likeness (QED) is 0.366. The van der Waals surface area contributed by atoms with Crippen LogP contribution < -0.4 is 32.4 Å². The Hall–Kier alpha value is -4.09. The van der Waals surface area contributed by atoms with Crippen molar-refractivity contribution in [2.24, 2.45) is 13.0 Å². The minimum absolute atomic E-state index is 0.0853. The Labute approximate surface area is 207 Å². The molecule has 0 unspecified atom stereocenters. The summed E-state index contributed by atoms with van der Waals surface area (Å²) in [5.74, 6) is -0.374. The van der Waals surface area contributed by atoms with E-state index in [9.17, 15) is 18.8 Å². The number of carbonyl (C=O) groups excluding carboxylic acids is 1. The van der Waals surface area contributed by atoms with E-state index >= 15 is 0 Å². The molecule has 194 valence electrons. The number of hydrogen-bond acceptors (Lipinski definition) is 7. The van der Waals surface area contributed by atoms with Gasteiger partial charge in [-0.3, -0.25) is 23.4 Å². The summed E-state index contributed by atoms with van der Waals surface area (Å²) in [6, 6.07) is 7.01. The molecule has 36 heavy (non-hydrogen) atoms. The third-order valence-corrected chi connectivity index (χ3v) is 5.34. The Kier molecular flexibility index (Phi) is 8.51. The van der Waals surface area contributed by atoms with Crippen molar-refractivity contribution in [3.8, 4) is 5.88 Å². The molecule has 2 heterocycles. The van der Waals surface area contributed by atoms with Gasteiger partial charge in [-0.25, -0.2) is 9.18 Å². The molecule has 0 aliphatic rings. The number of aromatic nitrogens is 4. The maximum atomic E-state index is 13.0. The molecule has 0 spiro atoms. The van der Waals surface area contributed by atoms with Crippen molar-refractivity contribution in [3.05, 3.63) is 62.7 Å². The van der Waals surface area contributed by atoms with Gasteiger partial charge in [0.15, 0.2) is 6.61 Å². The van der Waals surface area contributed by atoms with Crippen LogP contribution in [0.25, 0.3) is 0 Å². The zero-order valence-corrected chi connectivity index (χ0v) is 20.9. The number of carbonyl (C=O) groups is 1. The Bertz CT molecular complexity index is 1330. The molecule has 2 aromatic heterocycles. The minimum Gasteiger partial charge on any atom is -0.466 e. The fraction of sp³-hybridized carbons (Fsp3) is 0.417. The predicted molar refractivity (Wildman–Crippen MR) is 136 cm³/mol. The molecule has 0 aliphatic heterocycles. The lowest BCUT2D eigenvalue weighted by Gasteiger charge is -2.18. The summed E-state index contributed by atoms with van der Waals surface area (Å²) in [5.41, 5.74) is 6.58. The van der Waals surface area contributed by atoms with E-state index in [-0.39, 0.29) is 43.0 Å². The predicted octanol–water partition coefficient (Wildman–Crippen LogP) is 2.16. The van der Waals surface area contributed by atoms with Crippen LogP contribution in [-0.4, -0.2) is 31.4 Å². The number of rotatable bonds is 11. The largest absolute Gasteiger partial charge is 0.466 e. The van der Waals surface area contributed by atoms with Crippen molar-refractivity contribution in [2.45, 2.75) is 46.8 Å². The van der Waals surface area contributed by atoms with E-state index in [1.54, 1.807) is 17.8 Å². The van der Waals surface area contributed by atoms with Crippen LogP contribution in [0.3, 0.4) is 0 Å². The van der Waals surface area contributed by atoms with Gasteiger partial charge < -0.3 is 21.1 Å². The van der Waals surface area contributed by atoms with Crippen LogP contribution >= 0.6 is 0 Å². The van der Waals surface area contributed by atoms with Crippen LogP contribution in [-0.2, 0) is 31.5 Å². The van der Waals surface area contributed by atoms with Gasteiger partial charge in [0.05, 0.1) is 12.2 Å². The summed E-state index contributed by atoms with van der Waals surface area (Å²) in [4.78, 5) is 37.9. The lowest BCUT2D eigenvalue weighted by atomic mass is 10.2. The standard InChI is InChI=1S/C24H32FN7O4/c1-5-10-31-23(34)21(22(26)32(24(31)35)13-15(2)3)27-12-18-11-20(29-30(18)4)36-14-19(33)28-17-8-6-16(25)7-9-17/h6-9,11,15,27H,5,10,12-14,26H2,1-4H3,(H,28,33). The van der Waals surface area contributed by atoms with E-state index in [1.807, 2.05) is 20.8 Å². The normalized spacial score (nSPS) is 11.1. The highest BCUT2D eigenvalue weighted by Crippen LogP contribution is 2.17. The molecule has 1 aromatic carbocycles. The van der Waals surface area contributed by atoms with Gasteiger partial charge in [-0.05, 0) is 36.6 Å². The van der Waals surface area contributed by atoms with Gasteiger partial charge in [0.2, 0.25) is 5.88 Å². The minimum atomic E-state index is -0.476. The molecule has 3 rings (SSSR count). The summed E-state index contributed by atoms with van der Waals surface area (Å²) < 4.78 is 22.6. The second-order valence-electron chi connectivity index (χ2n) is 8.80. The van der Waals surface area contributed by atoms with Gasteiger partial charge >= 0.3 is 5.69 Å². The molecule has 0 radical (unpaired) electrons. The van der Waals surface area contributed by atoms with E-state index in [0.717, 1.165) is 0 Å². The third-order valence-electron chi connectivity index (χ3n) is 5.34. The molecule has 0 fully saturated rings. The van der Waals surface area contributed by atoms with Gasteiger partial charge in [0.25, 0.3) is 11.5 Å². The van der Waals surface area contributed by atoms with Crippen LogP contribution in [0.1, 0.15) is 32.9 Å². The Morgan fingerprint density at radius 3 is 2.53 bits per heavy atom. The van der Waals surface area contributed by atoms with Crippen molar-refractivity contribution >= 4 is 23.1 Å². The van der Waals surface area contributed by atoms with Crippen molar-refractivity contribution in [1.82, 2.24) is 18.9 Å². The molecule has 1 amide bonds. The Morgan fingerprint density at radius 1 is 1.19 bits per heavy atom. The van der Waals surface area contributed by atoms with Crippen molar-refractivity contribution in [1.29, 1.82) is 0 Å².